The summed E-state index contributed by atoms with van der Waals surface area (Å²) in [4.78, 5) is 22.9. The third kappa shape index (κ3) is 7.18. The molecule has 2 atom stereocenters. The predicted octanol–water partition coefficient (Wildman–Crippen LogP) is 4.34. The lowest BCUT2D eigenvalue weighted by Crippen LogP contribution is -2.40. The fraction of sp³-hybridized carbons (Fsp3) is 0.333. The Labute approximate surface area is 205 Å². The summed E-state index contributed by atoms with van der Waals surface area (Å²) in [6, 6.07) is 14.1. The van der Waals surface area contributed by atoms with E-state index in [4.69, 9.17) is 18.9 Å². The Morgan fingerprint density at radius 2 is 1.06 bits per heavy atom. The van der Waals surface area contributed by atoms with Crippen molar-refractivity contribution in [1.82, 2.24) is 0 Å². The fourth-order valence-electron chi connectivity index (χ4n) is 3.14. The van der Waals surface area contributed by atoms with Crippen LogP contribution >= 0.6 is 0 Å². The van der Waals surface area contributed by atoms with Gasteiger partial charge in [-0.3, -0.25) is 0 Å². The summed E-state index contributed by atoms with van der Waals surface area (Å²) in [6.07, 6.45) is 1.94. The summed E-state index contributed by atoms with van der Waals surface area (Å²) >= 11 is 0. The van der Waals surface area contributed by atoms with Gasteiger partial charge in [0.25, 0.3) is 0 Å². The zero-order chi connectivity index (χ0) is 26.3. The van der Waals surface area contributed by atoms with E-state index in [0.29, 0.717) is 11.5 Å². The molecule has 0 aliphatic rings. The molecule has 35 heavy (non-hydrogen) atoms. The van der Waals surface area contributed by atoms with Crippen molar-refractivity contribution in [2.45, 2.75) is 57.9 Å². The molecule has 0 heterocycles. The summed E-state index contributed by atoms with van der Waals surface area (Å²) in [6.45, 7) is 13.9. The first-order valence-electron chi connectivity index (χ1n) is 11.1. The highest BCUT2D eigenvalue weighted by Gasteiger charge is 2.33. The van der Waals surface area contributed by atoms with Crippen LogP contribution in [0.1, 0.15) is 51.7 Å². The van der Waals surface area contributed by atoms with Gasteiger partial charge >= 0.3 is 23.9 Å². The number of carbonyl (C=O) groups excluding carboxylic acids is 2. The number of ether oxygens (including phenoxy) is 4. The van der Waals surface area contributed by atoms with Crippen LogP contribution in [0.5, 0.6) is 11.5 Å². The molecule has 0 fully saturated rings. The van der Waals surface area contributed by atoms with Gasteiger partial charge < -0.3 is 29.2 Å². The third-order valence-corrected chi connectivity index (χ3v) is 5.45. The minimum absolute atomic E-state index is 0.0220. The lowest BCUT2D eigenvalue weighted by atomic mass is 9.78. The highest BCUT2D eigenvalue weighted by atomic mass is 16.8. The molecule has 2 N–H and O–H groups in total. The first-order chi connectivity index (χ1) is 16.4. The summed E-state index contributed by atoms with van der Waals surface area (Å²) in [5, 5.41) is 20.8. The first-order valence-corrected chi connectivity index (χ1v) is 11.1. The Hall–Kier alpha value is -3.62. The van der Waals surface area contributed by atoms with Gasteiger partial charge in [0.1, 0.15) is 11.5 Å². The van der Waals surface area contributed by atoms with Gasteiger partial charge in [-0.25, -0.2) is 9.59 Å². The van der Waals surface area contributed by atoms with E-state index in [2.05, 4.69) is 13.2 Å². The molecular formula is C27H32O8. The molecule has 0 aliphatic carbocycles. The number of esters is 2. The van der Waals surface area contributed by atoms with Crippen LogP contribution in [0.4, 0.5) is 0 Å². The molecule has 2 aromatic rings. The van der Waals surface area contributed by atoms with Crippen molar-refractivity contribution in [3.63, 3.8) is 0 Å². The Kier molecular flexibility index (Phi) is 8.84. The fourth-order valence-corrected chi connectivity index (χ4v) is 3.14. The van der Waals surface area contributed by atoms with Gasteiger partial charge in [0.05, 0.1) is 12.8 Å². The molecule has 2 unspecified atom stereocenters. The highest BCUT2D eigenvalue weighted by Crippen LogP contribution is 2.34. The number of rotatable bonds is 12. The van der Waals surface area contributed by atoms with Crippen LogP contribution in [0.2, 0.25) is 0 Å². The van der Waals surface area contributed by atoms with E-state index in [-0.39, 0.29) is 12.8 Å². The van der Waals surface area contributed by atoms with E-state index in [1.165, 1.54) is 0 Å². The maximum absolute atomic E-state index is 11.5. The lowest BCUT2D eigenvalue weighted by molar-refractivity contribution is -0.301. The smallest absolute Gasteiger partial charge is 0.371 e. The summed E-state index contributed by atoms with van der Waals surface area (Å²) in [5.74, 6) is -5.15. The zero-order valence-corrected chi connectivity index (χ0v) is 20.4. The van der Waals surface area contributed by atoms with E-state index in [1.54, 1.807) is 38.1 Å². The van der Waals surface area contributed by atoms with Crippen LogP contribution in [-0.2, 0) is 24.5 Å². The lowest BCUT2D eigenvalue weighted by Gasteiger charge is -2.29. The van der Waals surface area contributed by atoms with Gasteiger partial charge in [-0.2, -0.15) is 0 Å². The van der Waals surface area contributed by atoms with Crippen molar-refractivity contribution in [1.29, 1.82) is 0 Å². The molecule has 0 spiro atoms. The molecule has 0 saturated heterocycles. The van der Waals surface area contributed by atoms with Gasteiger partial charge in [0.2, 0.25) is 0 Å². The van der Waals surface area contributed by atoms with Crippen LogP contribution in [-0.4, -0.2) is 34.1 Å². The van der Waals surface area contributed by atoms with Crippen LogP contribution in [0.25, 0.3) is 0 Å². The van der Waals surface area contributed by atoms with E-state index < -0.39 is 29.3 Å². The average Bonchev–Trinajstić information content (AvgIpc) is 2.84. The molecule has 8 heteroatoms. The van der Waals surface area contributed by atoms with E-state index >= 15 is 0 Å². The molecule has 0 bridgehead atoms. The maximum Gasteiger partial charge on any atom is 0.371 e. The minimum atomic E-state index is -2.10. The number of hydrogen-bond donors (Lipinski definition) is 2. The van der Waals surface area contributed by atoms with Crippen molar-refractivity contribution in [2.75, 3.05) is 0 Å². The van der Waals surface area contributed by atoms with Crippen LogP contribution in [0.3, 0.4) is 0 Å². The zero-order valence-electron chi connectivity index (χ0n) is 20.4. The quantitative estimate of drug-likeness (QED) is 0.260. The van der Waals surface area contributed by atoms with E-state index in [0.717, 1.165) is 23.3 Å². The molecule has 8 nitrogen and oxygen atoms in total. The van der Waals surface area contributed by atoms with Gasteiger partial charge in [-0.1, -0.05) is 65.1 Å². The van der Waals surface area contributed by atoms with Crippen molar-refractivity contribution < 1.29 is 38.7 Å². The Bertz CT molecular complexity index is 958. The normalized spacial score (nSPS) is 14.6. The molecule has 2 aromatic carbocycles. The molecular weight excluding hydrogens is 452 g/mol. The molecule has 0 aromatic heterocycles. The van der Waals surface area contributed by atoms with E-state index in [1.807, 2.05) is 38.1 Å². The number of carbonyl (C=O) groups is 2. The van der Waals surface area contributed by atoms with Crippen LogP contribution in [0, 0.1) is 0 Å². The minimum Gasteiger partial charge on any atom is -0.430 e. The molecule has 0 saturated carbocycles. The van der Waals surface area contributed by atoms with Crippen molar-refractivity contribution in [3.05, 3.63) is 85.0 Å². The molecule has 0 radical (unpaired) electrons. The second-order valence-electron chi connectivity index (χ2n) is 8.26. The van der Waals surface area contributed by atoms with Gasteiger partial charge in [0.15, 0.2) is 0 Å². The second kappa shape index (κ2) is 11.2. The molecule has 0 amide bonds. The van der Waals surface area contributed by atoms with Gasteiger partial charge in [0, 0.05) is 17.6 Å². The predicted molar refractivity (Wildman–Crippen MR) is 129 cm³/mol. The average molecular weight is 485 g/mol. The van der Waals surface area contributed by atoms with Crippen LogP contribution in [0.15, 0.2) is 73.8 Å². The topological polar surface area (TPSA) is 112 Å². The SMILES string of the molecule is C=CC(=O)OC(O)(CC)Oc1ccc(C(C)(C)c2ccc(OC(O)(CC)OC(=O)C=C)cc2)cc1. The Balaban J connectivity index is 2.17. The summed E-state index contributed by atoms with van der Waals surface area (Å²) in [5.41, 5.74) is 1.47. The standard InChI is InChI=1S/C27H32O8/c1-7-23(28)34-26(30,9-3)32-21-15-11-19(12-16-21)25(5,6)20-13-17-22(18-14-20)33-27(31,10-4)35-24(29)8-2/h7-8,11-18,30-31H,1-2,9-10H2,3-6H3. The van der Waals surface area contributed by atoms with Gasteiger partial charge in [-0.05, 0) is 35.4 Å². The molecule has 2 rings (SSSR count). The van der Waals surface area contributed by atoms with Crippen molar-refractivity contribution >= 4 is 11.9 Å². The number of aliphatic hydroxyl groups is 2. The summed E-state index contributed by atoms with van der Waals surface area (Å²) in [7, 11) is 0. The first kappa shape index (κ1) is 27.6. The maximum atomic E-state index is 11.5. The Morgan fingerprint density at radius 1 is 0.743 bits per heavy atom. The van der Waals surface area contributed by atoms with Gasteiger partial charge in [-0.15, -0.1) is 0 Å². The third-order valence-electron chi connectivity index (χ3n) is 5.45. The molecule has 0 aliphatic heterocycles. The Morgan fingerprint density at radius 3 is 1.31 bits per heavy atom. The van der Waals surface area contributed by atoms with E-state index in [9.17, 15) is 19.8 Å². The summed E-state index contributed by atoms with van der Waals surface area (Å²) < 4.78 is 20.8. The number of hydrogen-bond acceptors (Lipinski definition) is 8. The van der Waals surface area contributed by atoms with Crippen LogP contribution < -0.4 is 9.47 Å². The molecule has 188 valence electrons. The van der Waals surface area contributed by atoms with Crippen molar-refractivity contribution in [2.24, 2.45) is 0 Å². The number of benzene rings is 2. The highest BCUT2D eigenvalue weighted by molar-refractivity contribution is 5.81. The second-order valence-corrected chi connectivity index (χ2v) is 8.26. The largest absolute Gasteiger partial charge is 0.430 e. The monoisotopic (exact) mass is 484 g/mol. The van der Waals surface area contributed by atoms with Crippen molar-refractivity contribution in [3.8, 4) is 11.5 Å².